The Labute approximate surface area is 112 Å². The van der Waals surface area contributed by atoms with Crippen LogP contribution in [0.15, 0.2) is 18.2 Å². The van der Waals surface area contributed by atoms with Crippen molar-refractivity contribution in [3.05, 3.63) is 35.4 Å². The van der Waals surface area contributed by atoms with Gasteiger partial charge < -0.3 is 5.32 Å². The van der Waals surface area contributed by atoms with Crippen LogP contribution >= 0.6 is 0 Å². The van der Waals surface area contributed by atoms with Gasteiger partial charge in [0.1, 0.15) is 0 Å². The molecule has 0 amide bonds. The molecule has 0 spiro atoms. The summed E-state index contributed by atoms with van der Waals surface area (Å²) < 4.78 is 26.2. The molecule has 2 aliphatic rings. The number of halogens is 2. The lowest BCUT2D eigenvalue weighted by atomic mass is 9.93. The minimum atomic E-state index is -0.765. The Morgan fingerprint density at radius 1 is 1.26 bits per heavy atom. The van der Waals surface area contributed by atoms with Crippen LogP contribution in [0.4, 0.5) is 8.78 Å². The normalized spacial score (nSPS) is 30.8. The Morgan fingerprint density at radius 2 is 2.11 bits per heavy atom. The standard InChI is InChI=1S/C15H20F2N2/c1-2-15-12-7-18-6-11(12)9-19(15)8-10-3-4-13(16)14(17)5-10/h3-5,11-12,15,18H,2,6-9H2,1H3. The van der Waals surface area contributed by atoms with Gasteiger partial charge in [0.25, 0.3) is 0 Å². The first kappa shape index (κ1) is 13.0. The molecule has 4 heteroatoms. The molecule has 1 aromatic rings. The van der Waals surface area contributed by atoms with Gasteiger partial charge in [0.05, 0.1) is 0 Å². The highest BCUT2D eigenvalue weighted by atomic mass is 19.2. The maximum atomic E-state index is 13.3. The number of benzene rings is 1. The zero-order valence-electron chi connectivity index (χ0n) is 11.2. The highest BCUT2D eigenvalue weighted by molar-refractivity contribution is 5.18. The van der Waals surface area contributed by atoms with Crippen molar-refractivity contribution in [2.24, 2.45) is 11.8 Å². The van der Waals surface area contributed by atoms with E-state index in [0.29, 0.717) is 6.04 Å². The van der Waals surface area contributed by atoms with Crippen LogP contribution in [-0.2, 0) is 6.54 Å². The van der Waals surface area contributed by atoms with Crippen molar-refractivity contribution in [3.63, 3.8) is 0 Å². The van der Waals surface area contributed by atoms with Crippen LogP contribution in [0.1, 0.15) is 18.9 Å². The number of hydrogen-bond donors (Lipinski definition) is 1. The fourth-order valence-corrected chi connectivity index (χ4v) is 3.73. The van der Waals surface area contributed by atoms with E-state index >= 15 is 0 Å². The number of rotatable bonds is 3. The van der Waals surface area contributed by atoms with Gasteiger partial charge in [-0.15, -0.1) is 0 Å². The van der Waals surface area contributed by atoms with Crippen LogP contribution in [0, 0.1) is 23.5 Å². The first-order valence-electron chi connectivity index (χ1n) is 7.07. The number of nitrogens with zero attached hydrogens (tertiary/aromatic N) is 1. The summed E-state index contributed by atoms with van der Waals surface area (Å²) in [6.45, 7) is 6.19. The molecule has 3 rings (SSSR count). The molecule has 2 fully saturated rings. The van der Waals surface area contributed by atoms with E-state index in [4.69, 9.17) is 0 Å². The molecule has 2 nitrogen and oxygen atoms in total. The molecule has 104 valence electrons. The average molecular weight is 266 g/mol. The summed E-state index contributed by atoms with van der Waals surface area (Å²) in [6.07, 6.45) is 1.12. The number of nitrogens with one attached hydrogen (secondary N) is 1. The molecular formula is C15H20F2N2. The van der Waals surface area contributed by atoms with E-state index in [9.17, 15) is 8.78 Å². The van der Waals surface area contributed by atoms with Gasteiger partial charge in [-0.1, -0.05) is 13.0 Å². The second-order valence-corrected chi connectivity index (χ2v) is 5.74. The van der Waals surface area contributed by atoms with Crippen molar-refractivity contribution in [1.82, 2.24) is 10.2 Å². The van der Waals surface area contributed by atoms with Gasteiger partial charge in [-0.3, -0.25) is 4.90 Å². The van der Waals surface area contributed by atoms with E-state index in [1.165, 1.54) is 12.1 Å². The second-order valence-electron chi connectivity index (χ2n) is 5.74. The minimum Gasteiger partial charge on any atom is -0.316 e. The van der Waals surface area contributed by atoms with Gasteiger partial charge >= 0.3 is 0 Å². The van der Waals surface area contributed by atoms with Crippen LogP contribution in [0.3, 0.4) is 0 Å². The molecular weight excluding hydrogens is 246 g/mol. The summed E-state index contributed by atoms with van der Waals surface area (Å²) in [7, 11) is 0. The first-order chi connectivity index (χ1) is 9.19. The lowest BCUT2D eigenvalue weighted by Gasteiger charge is -2.26. The summed E-state index contributed by atoms with van der Waals surface area (Å²) in [6, 6.07) is 4.81. The second kappa shape index (κ2) is 5.17. The Balaban J connectivity index is 1.74. The fraction of sp³-hybridized carbons (Fsp3) is 0.600. The molecule has 0 bridgehead atoms. The third-order valence-electron chi connectivity index (χ3n) is 4.61. The lowest BCUT2D eigenvalue weighted by Crippen LogP contribution is -2.34. The van der Waals surface area contributed by atoms with E-state index in [1.54, 1.807) is 6.07 Å². The van der Waals surface area contributed by atoms with E-state index in [1.807, 2.05) is 0 Å². The Kier molecular flexibility index (Phi) is 3.54. The molecule has 1 N–H and O–H groups in total. The Hall–Kier alpha value is -1.00. The lowest BCUT2D eigenvalue weighted by molar-refractivity contribution is 0.210. The van der Waals surface area contributed by atoms with Crippen molar-refractivity contribution < 1.29 is 8.78 Å². The van der Waals surface area contributed by atoms with Gasteiger partial charge in [-0.05, 0) is 49.0 Å². The van der Waals surface area contributed by atoms with E-state index in [-0.39, 0.29) is 0 Å². The number of fused-ring (bicyclic) bond motifs is 1. The predicted molar refractivity (Wildman–Crippen MR) is 70.7 cm³/mol. The van der Waals surface area contributed by atoms with Crippen LogP contribution in [0.5, 0.6) is 0 Å². The topological polar surface area (TPSA) is 15.3 Å². The zero-order chi connectivity index (χ0) is 13.4. The maximum Gasteiger partial charge on any atom is 0.159 e. The number of hydrogen-bond acceptors (Lipinski definition) is 2. The Morgan fingerprint density at radius 3 is 2.84 bits per heavy atom. The van der Waals surface area contributed by atoms with Crippen LogP contribution in [0.2, 0.25) is 0 Å². The van der Waals surface area contributed by atoms with Gasteiger partial charge in [-0.2, -0.15) is 0 Å². The van der Waals surface area contributed by atoms with Gasteiger partial charge in [0, 0.05) is 19.1 Å². The van der Waals surface area contributed by atoms with E-state index < -0.39 is 11.6 Å². The van der Waals surface area contributed by atoms with Gasteiger partial charge in [0.15, 0.2) is 11.6 Å². The van der Waals surface area contributed by atoms with E-state index in [2.05, 4.69) is 17.1 Å². The van der Waals surface area contributed by atoms with Crippen molar-refractivity contribution in [1.29, 1.82) is 0 Å². The number of likely N-dealkylation sites (tertiary alicyclic amines) is 1. The molecule has 2 heterocycles. The van der Waals surface area contributed by atoms with Crippen molar-refractivity contribution in [3.8, 4) is 0 Å². The largest absolute Gasteiger partial charge is 0.316 e. The van der Waals surface area contributed by atoms with Crippen LogP contribution < -0.4 is 5.32 Å². The summed E-state index contributed by atoms with van der Waals surface area (Å²) >= 11 is 0. The summed E-state index contributed by atoms with van der Waals surface area (Å²) in [4.78, 5) is 2.43. The van der Waals surface area contributed by atoms with Crippen molar-refractivity contribution in [2.75, 3.05) is 19.6 Å². The van der Waals surface area contributed by atoms with Crippen LogP contribution in [-0.4, -0.2) is 30.6 Å². The third-order valence-corrected chi connectivity index (χ3v) is 4.61. The third kappa shape index (κ3) is 2.39. The first-order valence-corrected chi connectivity index (χ1v) is 7.07. The molecule has 0 aliphatic carbocycles. The molecule has 3 atom stereocenters. The highest BCUT2D eigenvalue weighted by Gasteiger charge is 2.42. The van der Waals surface area contributed by atoms with Gasteiger partial charge in [0.2, 0.25) is 0 Å². The molecule has 3 unspecified atom stereocenters. The monoisotopic (exact) mass is 266 g/mol. The van der Waals surface area contributed by atoms with Crippen LogP contribution in [0.25, 0.3) is 0 Å². The molecule has 0 saturated carbocycles. The molecule has 19 heavy (non-hydrogen) atoms. The zero-order valence-corrected chi connectivity index (χ0v) is 11.2. The maximum absolute atomic E-state index is 13.3. The minimum absolute atomic E-state index is 0.563. The van der Waals surface area contributed by atoms with Crippen molar-refractivity contribution >= 4 is 0 Å². The summed E-state index contributed by atoms with van der Waals surface area (Å²) in [5, 5.41) is 3.45. The average Bonchev–Trinajstić information content (AvgIpc) is 2.94. The van der Waals surface area contributed by atoms with E-state index in [0.717, 1.165) is 50.0 Å². The molecule has 2 aliphatic heterocycles. The summed E-state index contributed by atoms with van der Waals surface area (Å²) in [5.74, 6) is -0.0737. The fourth-order valence-electron chi connectivity index (χ4n) is 3.73. The SMILES string of the molecule is CCC1C2CNCC2CN1Cc1ccc(F)c(F)c1. The molecule has 2 saturated heterocycles. The molecule has 1 aromatic carbocycles. The summed E-state index contributed by atoms with van der Waals surface area (Å²) in [5.41, 5.74) is 0.866. The molecule has 0 radical (unpaired) electrons. The van der Waals surface area contributed by atoms with Gasteiger partial charge in [-0.25, -0.2) is 8.78 Å². The Bertz CT molecular complexity index is 463. The molecule has 0 aromatic heterocycles. The quantitative estimate of drug-likeness (QED) is 0.903. The smallest absolute Gasteiger partial charge is 0.159 e. The highest BCUT2D eigenvalue weighted by Crippen LogP contribution is 2.35. The predicted octanol–water partition coefficient (Wildman–Crippen LogP) is 2.39. The van der Waals surface area contributed by atoms with Crippen molar-refractivity contribution in [2.45, 2.75) is 25.9 Å².